The zero-order chi connectivity index (χ0) is 20.5. The minimum Gasteiger partial charge on any atom is -0.325 e. The van der Waals surface area contributed by atoms with Gasteiger partial charge in [-0.05, 0) is 50.6 Å². The average molecular weight is 399 g/mol. The summed E-state index contributed by atoms with van der Waals surface area (Å²) in [7, 11) is 0. The zero-order valence-electron chi connectivity index (χ0n) is 16.2. The summed E-state index contributed by atoms with van der Waals surface area (Å²) < 4.78 is 0. The van der Waals surface area contributed by atoms with Crippen LogP contribution in [0.2, 0.25) is 5.02 Å². The van der Waals surface area contributed by atoms with E-state index in [2.05, 4.69) is 0 Å². The SMILES string of the molecule is CC(C)(C)N(C(=O)Cc1ccccc1)C1CC(=O)N(c2ccc(Cl)cc2)C1=O. The maximum Gasteiger partial charge on any atom is 0.257 e. The average Bonchev–Trinajstić information content (AvgIpc) is 2.90. The van der Waals surface area contributed by atoms with Crippen LogP contribution in [-0.4, -0.2) is 34.2 Å². The molecule has 6 heteroatoms. The largest absolute Gasteiger partial charge is 0.325 e. The van der Waals surface area contributed by atoms with Gasteiger partial charge in [0.05, 0.1) is 18.5 Å². The second-order valence-corrected chi connectivity index (χ2v) is 8.30. The number of halogens is 1. The summed E-state index contributed by atoms with van der Waals surface area (Å²) in [6.07, 6.45) is 0.149. The molecule has 1 aliphatic heterocycles. The summed E-state index contributed by atoms with van der Waals surface area (Å²) in [5.41, 5.74) is 0.724. The van der Waals surface area contributed by atoms with Crippen LogP contribution >= 0.6 is 11.6 Å². The normalized spacial score (nSPS) is 17.1. The van der Waals surface area contributed by atoms with Gasteiger partial charge in [0.15, 0.2) is 0 Å². The summed E-state index contributed by atoms with van der Waals surface area (Å²) >= 11 is 5.91. The molecule has 3 rings (SSSR count). The first-order valence-electron chi connectivity index (χ1n) is 9.17. The summed E-state index contributed by atoms with van der Waals surface area (Å²) in [5, 5.41) is 0.522. The molecule has 0 bridgehead atoms. The molecular formula is C22H23ClN2O3. The summed E-state index contributed by atoms with van der Waals surface area (Å²) in [4.78, 5) is 41.6. The highest BCUT2D eigenvalue weighted by atomic mass is 35.5. The van der Waals surface area contributed by atoms with Crippen LogP contribution in [0.5, 0.6) is 0 Å². The molecule has 5 nitrogen and oxygen atoms in total. The van der Waals surface area contributed by atoms with Gasteiger partial charge in [-0.2, -0.15) is 0 Å². The molecule has 0 spiro atoms. The third-order valence-electron chi connectivity index (χ3n) is 4.71. The lowest BCUT2D eigenvalue weighted by Gasteiger charge is -2.39. The fourth-order valence-electron chi connectivity index (χ4n) is 3.55. The van der Waals surface area contributed by atoms with E-state index >= 15 is 0 Å². The van der Waals surface area contributed by atoms with Crippen molar-refractivity contribution in [3.05, 3.63) is 65.2 Å². The van der Waals surface area contributed by atoms with Crippen LogP contribution in [-0.2, 0) is 20.8 Å². The highest BCUT2D eigenvalue weighted by molar-refractivity contribution is 6.30. The Morgan fingerprint density at radius 2 is 1.68 bits per heavy atom. The zero-order valence-corrected chi connectivity index (χ0v) is 16.9. The Morgan fingerprint density at radius 3 is 2.25 bits per heavy atom. The van der Waals surface area contributed by atoms with Gasteiger partial charge in [-0.1, -0.05) is 41.9 Å². The van der Waals surface area contributed by atoms with E-state index < -0.39 is 11.6 Å². The van der Waals surface area contributed by atoms with E-state index in [1.165, 1.54) is 0 Å². The number of hydrogen-bond acceptors (Lipinski definition) is 3. The van der Waals surface area contributed by atoms with Crippen molar-refractivity contribution in [3.8, 4) is 0 Å². The Labute approximate surface area is 169 Å². The molecule has 2 aromatic rings. The van der Waals surface area contributed by atoms with E-state index in [0.29, 0.717) is 10.7 Å². The third-order valence-corrected chi connectivity index (χ3v) is 4.96. The molecule has 2 aromatic carbocycles. The first-order chi connectivity index (χ1) is 13.2. The number of carbonyl (C=O) groups is 3. The van der Waals surface area contributed by atoms with Gasteiger partial charge in [0.2, 0.25) is 11.8 Å². The van der Waals surface area contributed by atoms with Crippen molar-refractivity contribution >= 4 is 35.0 Å². The minimum absolute atomic E-state index is 0.0285. The van der Waals surface area contributed by atoms with Crippen LogP contribution < -0.4 is 4.90 Å². The molecule has 0 saturated carbocycles. The number of carbonyl (C=O) groups excluding carboxylic acids is 3. The molecule has 3 amide bonds. The number of rotatable bonds is 4. The van der Waals surface area contributed by atoms with E-state index in [9.17, 15) is 14.4 Å². The number of amides is 3. The molecule has 0 N–H and O–H groups in total. The molecule has 146 valence electrons. The summed E-state index contributed by atoms with van der Waals surface area (Å²) in [6.45, 7) is 5.62. The van der Waals surface area contributed by atoms with E-state index in [4.69, 9.17) is 11.6 Å². The van der Waals surface area contributed by atoms with Crippen molar-refractivity contribution < 1.29 is 14.4 Å². The number of nitrogens with zero attached hydrogens (tertiary/aromatic N) is 2. The molecule has 0 aliphatic carbocycles. The second kappa shape index (κ2) is 7.76. The maximum atomic E-state index is 13.1. The fraction of sp³-hybridized carbons (Fsp3) is 0.318. The highest BCUT2D eigenvalue weighted by Crippen LogP contribution is 2.30. The van der Waals surface area contributed by atoms with Crippen LogP contribution in [0.3, 0.4) is 0 Å². The van der Waals surface area contributed by atoms with Gasteiger partial charge in [0.1, 0.15) is 6.04 Å². The monoisotopic (exact) mass is 398 g/mol. The Bertz CT molecular complexity index is 888. The van der Waals surface area contributed by atoms with E-state index in [-0.39, 0.29) is 30.6 Å². The van der Waals surface area contributed by atoms with Gasteiger partial charge in [-0.25, -0.2) is 4.90 Å². The number of imide groups is 1. The van der Waals surface area contributed by atoms with Crippen molar-refractivity contribution in [1.29, 1.82) is 0 Å². The number of benzene rings is 2. The Kier molecular flexibility index (Phi) is 5.57. The van der Waals surface area contributed by atoms with Crippen LogP contribution in [0.15, 0.2) is 54.6 Å². The molecule has 1 saturated heterocycles. The van der Waals surface area contributed by atoms with Crippen LogP contribution in [0.25, 0.3) is 0 Å². The summed E-state index contributed by atoms with van der Waals surface area (Å²) in [5.74, 6) is -0.884. The van der Waals surface area contributed by atoms with Crippen molar-refractivity contribution in [2.24, 2.45) is 0 Å². The van der Waals surface area contributed by atoms with Crippen molar-refractivity contribution in [3.63, 3.8) is 0 Å². The molecule has 1 heterocycles. The van der Waals surface area contributed by atoms with Gasteiger partial charge in [-0.15, -0.1) is 0 Å². The smallest absolute Gasteiger partial charge is 0.257 e. The van der Waals surface area contributed by atoms with Gasteiger partial charge < -0.3 is 4.90 Å². The molecule has 1 unspecified atom stereocenters. The van der Waals surface area contributed by atoms with E-state index in [0.717, 1.165) is 10.5 Å². The van der Waals surface area contributed by atoms with Crippen LogP contribution in [0.1, 0.15) is 32.8 Å². The Hall–Kier alpha value is -2.66. The van der Waals surface area contributed by atoms with Gasteiger partial charge in [0, 0.05) is 10.6 Å². The standard InChI is InChI=1S/C22H23ClN2O3/c1-22(2,3)25(20(27)13-15-7-5-4-6-8-15)18-14-19(26)24(21(18)28)17-11-9-16(23)10-12-17/h4-12,18H,13-14H2,1-3H3. The van der Waals surface area contributed by atoms with Crippen molar-refractivity contribution in [1.82, 2.24) is 4.90 Å². The van der Waals surface area contributed by atoms with Crippen LogP contribution in [0.4, 0.5) is 5.69 Å². The second-order valence-electron chi connectivity index (χ2n) is 7.86. The predicted molar refractivity (Wildman–Crippen MR) is 109 cm³/mol. The first kappa shape index (κ1) is 20.1. The molecule has 1 aliphatic rings. The lowest BCUT2D eigenvalue weighted by atomic mass is 9.99. The van der Waals surface area contributed by atoms with Gasteiger partial charge in [0.25, 0.3) is 5.91 Å². The molecule has 28 heavy (non-hydrogen) atoms. The minimum atomic E-state index is -0.820. The predicted octanol–water partition coefficient (Wildman–Crippen LogP) is 3.84. The maximum absolute atomic E-state index is 13.1. The Morgan fingerprint density at radius 1 is 1.07 bits per heavy atom. The quantitative estimate of drug-likeness (QED) is 0.735. The molecule has 1 atom stereocenters. The highest BCUT2D eigenvalue weighted by Gasteiger charge is 2.47. The van der Waals surface area contributed by atoms with Crippen LogP contribution in [0, 0.1) is 0 Å². The van der Waals surface area contributed by atoms with Crippen molar-refractivity contribution in [2.45, 2.75) is 45.2 Å². The number of hydrogen-bond donors (Lipinski definition) is 0. The summed E-state index contributed by atoms with van der Waals surface area (Å²) in [6, 6.07) is 15.1. The Balaban J connectivity index is 1.89. The van der Waals surface area contributed by atoms with Gasteiger partial charge >= 0.3 is 0 Å². The lowest BCUT2D eigenvalue weighted by molar-refractivity contribution is -0.143. The topological polar surface area (TPSA) is 57.7 Å². The molecule has 0 aromatic heterocycles. The van der Waals surface area contributed by atoms with E-state index in [1.807, 2.05) is 51.1 Å². The molecular weight excluding hydrogens is 376 g/mol. The van der Waals surface area contributed by atoms with Crippen molar-refractivity contribution in [2.75, 3.05) is 4.90 Å². The first-order valence-corrected chi connectivity index (χ1v) is 9.55. The number of anilines is 1. The van der Waals surface area contributed by atoms with E-state index in [1.54, 1.807) is 29.2 Å². The lowest BCUT2D eigenvalue weighted by Crippen LogP contribution is -2.55. The van der Waals surface area contributed by atoms with Gasteiger partial charge in [-0.3, -0.25) is 14.4 Å². The molecule has 0 radical (unpaired) electrons. The molecule has 1 fully saturated rings. The third kappa shape index (κ3) is 4.09. The fourth-order valence-corrected chi connectivity index (χ4v) is 3.68.